The van der Waals surface area contributed by atoms with Crippen molar-refractivity contribution in [2.45, 2.75) is 17.4 Å². The minimum atomic E-state index is -3.59. The van der Waals surface area contributed by atoms with Gasteiger partial charge in [0.25, 0.3) is 0 Å². The fourth-order valence-electron chi connectivity index (χ4n) is 3.08. The number of sulfonamides is 1. The summed E-state index contributed by atoms with van der Waals surface area (Å²) in [5.74, 6) is 0.584. The van der Waals surface area contributed by atoms with E-state index in [1.54, 1.807) is 48.5 Å². The Morgan fingerprint density at radius 3 is 2.58 bits per heavy atom. The number of imidazole rings is 1. The fraction of sp³-hybridized carbons (Fsp3) is 0.375. The second-order valence-corrected chi connectivity index (χ2v) is 7.74. The molecule has 1 aliphatic rings. The van der Waals surface area contributed by atoms with Crippen molar-refractivity contribution in [3.8, 4) is 0 Å². The van der Waals surface area contributed by atoms with E-state index >= 15 is 0 Å². The molecule has 1 aliphatic heterocycles. The highest BCUT2D eigenvalue weighted by Crippen LogP contribution is 2.35. The molecule has 1 saturated heterocycles. The van der Waals surface area contributed by atoms with Gasteiger partial charge in [-0.15, -0.1) is 0 Å². The van der Waals surface area contributed by atoms with Gasteiger partial charge in [0, 0.05) is 45.4 Å². The van der Waals surface area contributed by atoms with Crippen LogP contribution in [0.15, 0.2) is 47.6 Å². The van der Waals surface area contributed by atoms with Gasteiger partial charge in [-0.1, -0.05) is 18.2 Å². The van der Waals surface area contributed by atoms with E-state index in [9.17, 15) is 13.2 Å². The molecule has 0 unspecified atom stereocenters. The Morgan fingerprint density at radius 2 is 1.96 bits per heavy atom. The number of hydrogen-bond acceptors (Lipinski definition) is 4. The van der Waals surface area contributed by atoms with Gasteiger partial charge in [0.1, 0.15) is 5.82 Å². The van der Waals surface area contributed by atoms with E-state index < -0.39 is 10.0 Å². The monoisotopic (exact) mass is 348 g/mol. The molecule has 0 spiro atoms. The van der Waals surface area contributed by atoms with Crippen molar-refractivity contribution < 1.29 is 13.2 Å². The lowest BCUT2D eigenvalue weighted by Crippen LogP contribution is -2.33. The molecular weight excluding hydrogens is 328 g/mol. The van der Waals surface area contributed by atoms with Crippen LogP contribution in [-0.4, -0.2) is 42.4 Å². The normalized spacial score (nSPS) is 21.4. The number of nitrogens with one attached hydrogen (secondary N) is 1. The predicted molar refractivity (Wildman–Crippen MR) is 88.5 cm³/mol. The predicted octanol–water partition coefficient (Wildman–Crippen LogP) is 0.918. The number of rotatable bonds is 5. The summed E-state index contributed by atoms with van der Waals surface area (Å²) in [5.41, 5.74) is 0. The molecule has 128 valence electrons. The zero-order valence-corrected chi connectivity index (χ0v) is 14.4. The zero-order valence-electron chi connectivity index (χ0n) is 13.6. The standard InChI is InChI=1S/C16H20N4O3S/c1-19-9-8-17-16(19)15-12(10-14(21)20(15)2)11-18-24(22,23)13-6-4-3-5-7-13/h3-9,12,15,18H,10-11H2,1-2H3/t12-,15+/m0/s1. The van der Waals surface area contributed by atoms with Gasteiger partial charge in [-0.2, -0.15) is 0 Å². The smallest absolute Gasteiger partial charge is 0.240 e. The van der Waals surface area contributed by atoms with E-state index in [4.69, 9.17) is 0 Å². The summed E-state index contributed by atoms with van der Waals surface area (Å²) in [5, 5.41) is 0. The maximum atomic E-state index is 12.4. The topological polar surface area (TPSA) is 84.3 Å². The Labute approximate surface area is 141 Å². The molecule has 2 aromatic rings. The van der Waals surface area contributed by atoms with Gasteiger partial charge in [-0.25, -0.2) is 18.1 Å². The highest BCUT2D eigenvalue weighted by Gasteiger charge is 2.40. The van der Waals surface area contributed by atoms with Crippen LogP contribution in [0.2, 0.25) is 0 Å². The summed E-state index contributed by atoms with van der Waals surface area (Å²) in [6.07, 6.45) is 3.79. The highest BCUT2D eigenvalue weighted by molar-refractivity contribution is 7.89. The average Bonchev–Trinajstić information content (AvgIpc) is 3.10. The summed E-state index contributed by atoms with van der Waals surface area (Å²) < 4.78 is 29.2. The van der Waals surface area contributed by atoms with Gasteiger partial charge in [0.2, 0.25) is 15.9 Å². The summed E-state index contributed by atoms with van der Waals surface area (Å²) >= 11 is 0. The zero-order chi connectivity index (χ0) is 17.3. The molecule has 3 rings (SSSR count). The van der Waals surface area contributed by atoms with Crippen molar-refractivity contribution in [3.63, 3.8) is 0 Å². The molecule has 7 nitrogen and oxygen atoms in total. The minimum Gasteiger partial charge on any atom is -0.336 e. The van der Waals surface area contributed by atoms with Crippen LogP contribution in [0, 0.1) is 5.92 Å². The Kier molecular flexibility index (Phi) is 4.42. The van der Waals surface area contributed by atoms with Crippen LogP contribution in [0.5, 0.6) is 0 Å². The number of carbonyl (C=O) groups excluding carboxylic acids is 1. The molecular formula is C16H20N4O3S. The Bertz CT molecular complexity index is 832. The van der Waals surface area contributed by atoms with Gasteiger partial charge in [0.05, 0.1) is 10.9 Å². The highest BCUT2D eigenvalue weighted by atomic mass is 32.2. The Balaban J connectivity index is 1.79. The minimum absolute atomic E-state index is 0.00749. The molecule has 1 fully saturated rings. The van der Waals surface area contributed by atoms with Crippen LogP contribution in [-0.2, 0) is 21.9 Å². The molecule has 0 saturated carbocycles. The van der Waals surface area contributed by atoms with Crippen LogP contribution in [0.25, 0.3) is 0 Å². The lowest BCUT2D eigenvalue weighted by molar-refractivity contribution is -0.127. The van der Waals surface area contributed by atoms with Gasteiger partial charge >= 0.3 is 0 Å². The number of aromatic nitrogens is 2. The number of amides is 1. The van der Waals surface area contributed by atoms with Crippen molar-refractivity contribution in [3.05, 3.63) is 48.5 Å². The van der Waals surface area contributed by atoms with E-state index in [1.165, 1.54) is 0 Å². The van der Waals surface area contributed by atoms with Crippen molar-refractivity contribution in [2.75, 3.05) is 13.6 Å². The lowest BCUT2D eigenvalue weighted by Gasteiger charge is -2.24. The SMILES string of the molecule is CN1C(=O)C[C@@H](CNS(=O)(=O)c2ccccc2)[C@@H]1c1nccn1C. The third-order valence-electron chi connectivity index (χ3n) is 4.41. The summed E-state index contributed by atoms with van der Waals surface area (Å²) in [7, 11) is 0.00268. The quantitative estimate of drug-likeness (QED) is 0.871. The number of benzene rings is 1. The number of nitrogens with zero attached hydrogens (tertiary/aromatic N) is 3. The van der Waals surface area contributed by atoms with Gasteiger partial charge in [-0.05, 0) is 12.1 Å². The largest absolute Gasteiger partial charge is 0.336 e. The second kappa shape index (κ2) is 6.37. The molecule has 1 amide bonds. The van der Waals surface area contributed by atoms with Crippen LogP contribution in [0.4, 0.5) is 0 Å². The first-order valence-corrected chi connectivity index (χ1v) is 9.16. The third kappa shape index (κ3) is 3.07. The number of aryl methyl sites for hydroxylation is 1. The van der Waals surface area contributed by atoms with Crippen molar-refractivity contribution in [1.82, 2.24) is 19.2 Å². The maximum Gasteiger partial charge on any atom is 0.240 e. The first-order chi connectivity index (χ1) is 11.4. The first-order valence-electron chi connectivity index (χ1n) is 7.68. The molecule has 0 aliphatic carbocycles. The molecule has 1 aromatic carbocycles. The van der Waals surface area contributed by atoms with E-state index in [1.807, 2.05) is 17.8 Å². The molecule has 2 atom stereocenters. The molecule has 0 bridgehead atoms. The third-order valence-corrected chi connectivity index (χ3v) is 5.85. The van der Waals surface area contributed by atoms with Gasteiger partial charge < -0.3 is 9.47 Å². The van der Waals surface area contributed by atoms with Crippen LogP contribution in [0.3, 0.4) is 0 Å². The van der Waals surface area contributed by atoms with Crippen LogP contribution in [0.1, 0.15) is 18.3 Å². The summed E-state index contributed by atoms with van der Waals surface area (Å²) in [6.45, 7) is 0.185. The fourth-order valence-corrected chi connectivity index (χ4v) is 4.20. The molecule has 1 aromatic heterocycles. The number of likely N-dealkylation sites (tertiary alicyclic amines) is 1. The van der Waals surface area contributed by atoms with Crippen LogP contribution < -0.4 is 4.72 Å². The van der Waals surface area contributed by atoms with Crippen molar-refractivity contribution in [1.29, 1.82) is 0 Å². The molecule has 0 radical (unpaired) electrons. The molecule has 8 heteroatoms. The van der Waals surface area contributed by atoms with Crippen molar-refractivity contribution in [2.24, 2.45) is 13.0 Å². The molecule has 1 N–H and O–H groups in total. The summed E-state index contributed by atoms with van der Waals surface area (Å²) in [4.78, 5) is 18.3. The number of hydrogen-bond donors (Lipinski definition) is 1. The lowest BCUT2D eigenvalue weighted by atomic mass is 10.00. The maximum absolute atomic E-state index is 12.4. The average molecular weight is 348 g/mol. The number of carbonyl (C=O) groups is 1. The first kappa shape index (κ1) is 16.7. The molecule has 24 heavy (non-hydrogen) atoms. The second-order valence-electron chi connectivity index (χ2n) is 5.97. The van der Waals surface area contributed by atoms with E-state index in [2.05, 4.69) is 9.71 Å². The Morgan fingerprint density at radius 1 is 1.25 bits per heavy atom. The van der Waals surface area contributed by atoms with E-state index in [0.717, 1.165) is 5.82 Å². The summed E-state index contributed by atoms with van der Waals surface area (Å²) in [6, 6.07) is 7.97. The van der Waals surface area contributed by atoms with Gasteiger partial charge in [-0.3, -0.25) is 4.79 Å². The molecule has 2 heterocycles. The van der Waals surface area contributed by atoms with E-state index in [0.29, 0.717) is 6.42 Å². The Hall–Kier alpha value is -2.19. The van der Waals surface area contributed by atoms with E-state index in [-0.39, 0.29) is 29.3 Å². The van der Waals surface area contributed by atoms with Gasteiger partial charge in [0.15, 0.2) is 0 Å². The van der Waals surface area contributed by atoms with Crippen molar-refractivity contribution >= 4 is 15.9 Å². The van der Waals surface area contributed by atoms with Crippen LogP contribution >= 0.6 is 0 Å².